The fourth-order valence-electron chi connectivity index (χ4n) is 2.96. The first kappa shape index (κ1) is 14.0. The van der Waals surface area contributed by atoms with Gasteiger partial charge in [-0.1, -0.05) is 13.8 Å². The van der Waals surface area contributed by atoms with Crippen molar-refractivity contribution in [2.75, 3.05) is 25.0 Å². The van der Waals surface area contributed by atoms with Gasteiger partial charge in [0.05, 0.1) is 18.7 Å². The van der Waals surface area contributed by atoms with Crippen molar-refractivity contribution < 1.29 is 9.69 Å². The number of nitrogens with one attached hydrogen (secondary N) is 2. The Morgan fingerprint density at radius 1 is 1.53 bits per heavy atom. The van der Waals surface area contributed by atoms with Crippen LogP contribution < -0.4 is 10.2 Å². The molecule has 1 aromatic rings. The lowest BCUT2D eigenvalue weighted by Crippen LogP contribution is -3.15. The van der Waals surface area contributed by atoms with E-state index >= 15 is 0 Å². The molecule has 2 atom stereocenters. The Balaban J connectivity index is 1.89. The molecule has 2 heterocycles. The number of quaternary nitrogens is 1. The van der Waals surface area contributed by atoms with Crippen molar-refractivity contribution >= 4 is 22.2 Å². The quantitative estimate of drug-likeness (QED) is 0.870. The summed E-state index contributed by atoms with van der Waals surface area (Å²) in [6, 6.07) is 3.82. The van der Waals surface area contributed by atoms with Gasteiger partial charge in [-0.25, -0.2) is 0 Å². The van der Waals surface area contributed by atoms with Crippen molar-refractivity contribution in [2.45, 2.75) is 20.3 Å². The summed E-state index contributed by atoms with van der Waals surface area (Å²) in [5.74, 6) is 1.38. The second-order valence-electron chi connectivity index (χ2n) is 5.60. The van der Waals surface area contributed by atoms with Crippen LogP contribution in [0.3, 0.4) is 0 Å². The number of carbonyl (C=O) groups excluding carboxylic acids is 1. The van der Waals surface area contributed by atoms with Gasteiger partial charge in [-0.05, 0) is 17.9 Å². The monoisotopic (exact) mass is 278 g/mol. The van der Waals surface area contributed by atoms with E-state index in [9.17, 15) is 4.79 Å². The minimum Gasteiger partial charge on any atom is -0.327 e. The summed E-state index contributed by atoms with van der Waals surface area (Å²) in [7, 11) is 0. The molecule has 0 bridgehead atoms. The molecule has 1 aliphatic heterocycles. The van der Waals surface area contributed by atoms with Gasteiger partial charge >= 0.3 is 0 Å². The average molecular weight is 278 g/mol. The number of piperidine rings is 1. The zero-order valence-electron chi connectivity index (χ0n) is 11.4. The molecule has 0 radical (unpaired) electrons. The predicted molar refractivity (Wildman–Crippen MR) is 76.2 cm³/mol. The summed E-state index contributed by atoms with van der Waals surface area (Å²) in [6.45, 7) is 7.12. The zero-order chi connectivity index (χ0) is 13.8. The topological polar surface area (TPSA) is 57.3 Å². The highest BCUT2D eigenvalue weighted by molar-refractivity contribution is 7.14. The molecular weight excluding hydrogens is 258 g/mol. The number of amides is 1. The van der Waals surface area contributed by atoms with Gasteiger partial charge in [0.15, 0.2) is 6.54 Å². The summed E-state index contributed by atoms with van der Waals surface area (Å²) in [6.07, 6.45) is 1.26. The molecule has 1 amide bonds. The minimum atomic E-state index is 0.00949. The van der Waals surface area contributed by atoms with E-state index < -0.39 is 0 Å². The Bertz CT molecular complexity index is 481. The molecule has 2 rings (SSSR count). The van der Waals surface area contributed by atoms with Crippen molar-refractivity contribution in [3.05, 3.63) is 17.0 Å². The van der Waals surface area contributed by atoms with Crippen LogP contribution in [-0.4, -0.2) is 25.5 Å². The lowest BCUT2D eigenvalue weighted by molar-refractivity contribution is -0.904. The van der Waals surface area contributed by atoms with Gasteiger partial charge in [0.1, 0.15) is 11.1 Å². The largest absolute Gasteiger partial charge is 0.327 e. The highest BCUT2D eigenvalue weighted by Gasteiger charge is 2.26. The molecule has 19 heavy (non-hydrogen) atoms. The van der Waals surface area contributed by atoms with Crippen LogP contribution in [0.25, 0.3) is 0 Å². The van der Waals surface area contributed by atoms with E-state index in [4.69, 9.17) is 5.26 Å². The highest BCUT2D eigenvalue weighted by atomic mass is 32.1. The molecule has 0 saturated carbocycles. The van der Waals surface area contributed by atoms with Crippen molar-refractivity contribution in [3.63, 3.8) is 0 Å². The second-order valence-corrected chi connectivity index (χ2v) is 6.52. The Hall–Kier alpha value is -1.38. The van der Waals surface area contributed by atoms with Crippen molar-refractivity contribution in [3.8, 4) is 6.07 Å². The number of thiophene rings is 1. The maximum Gasteiger partial charge on any atom is 0.280 e. The molecule has 1 aromatic heterocycles. The van der Waals surface area contributed by atoms with Gasteiger partial charge in [-0.15, -0.1) is 11.3 Å². The molecular formula is C14H20N3OS+. The van der Waals surface area contributed by atoms with Crippen LogP contribution >= 0.6 is 11.3 Å². The maximum atomic E-state index is 12.0. The van der Waals surface area contributed by atoms with E-state index in [-0.39, 0.29) is 5.91 Å². The molecule has 0 aromatic carbocycles. The summed E-state index contributed by atoms with van der Waals surface area (Å²) >= 11 is 1.40. The molecule has 102 valence electrons. The standard InChI is InChI=1S/C14H19N3OS/c1-10-5-11(2)8-17(7-10)9-13(18)16-14-12(6-15)3-4-19-14/h3-4,10-11H,5,7-9H2,1-2H3,(H,16,18)/p+1/t10-,11-/m1/s1. The molecule has 4 nitrogen and oxygen atoms in total. The summed E-state index contributed by atoms with van der Waals surface area (Å²) in [5, 5.41) is 14.3. The van der Waals surface area contributed by atoms with Gasteiger partial charge in [-0.2, -0.15) is 5.26 Å². The van der Waals surface area contributed by atoms with Gasteiger partial charge in [-0.3, -0.25) is 4.79 Å². The molecule has 1 saturated heterocycles. The third-order valence-electron chi connectivity index (χ3n) is 3.53. The number of anilines is 1. The third kappa shape index (κ3) is 3.79. The number of hydrogen-bond donors (Lipinski definition) is 2. The summed E-state index contributed by atoms with van der Waals surface area (Å²) in [4.78, 5) is 13.4. The number of nitriles is 1. The SMILES string of the molecule is C[C@@H]1C[C@@H](C)C[NH+](CC(=O)Nc2sccc2C#N)C1. The van der Waals surface area contributed by atoms with Crippen molar-refractivity contribution in [2.24, 2.45) is 11.8 Å². The molecule has 2 N–H and O–H groups in total. The van der Waals surface area contributed by atoms with Crippen molar-refractivity contribution in [1.29, 1.82) is 5.26 Å². The molecule has 0 aliphatic carbocycles. The van der Waals surface area contributed by atoms with E-state index in [1.165, 1.54) is 22.7 Å². The number of carbonyl (C=O) groups is 1. The first-order chi connectivity index (χ1) is 9.08. The second kappa shape index (κ2) is 6.18. The Morgan fingerprint density at radius 2 is 2.21 bits per heavy atom. The van der Waals surface area contributed by atoms with Crippen LogP contribution in [0.4, 0.5) is 5.00 Å². The minimum absolute atomic E-state index is 0.00949. The Morgan fingerprint density at radius 3 is 2.84 bits per heavy atom. The molecule has 0 unspecified atom stereocenters. The Kier molecular flexibility index (Phi) is 4.56. The van der Waals surface area contributed by atoms with Crippen LogP contribution in [0.15, 0.2) is 11.4 Å². The van der Waals surface area contributed by atoms with Crippen LogP contribution in [0.1, 0.15) is 25.8 Å². The zero-order valence-corrected chi connectivity index (χ0v) is 12.2. The lowest BCUT2D eigenvalue weighted by atomic mass is 9.92. The summed E-state index contributed by atoms with van der Waals surface area (Å²) in [5.41, 5.74) is 0.550. The summed E-state index contributed by atoms with van der Waals surface area (Å²) < 4.78 is 0. The normalized spacial score (nSPS) is 26.7. The molecule has 1 aliphatic rings. The first-order valence-corrected chi connectivity index (χ1v) is 7.57. The fraction of sp³-hybridized carbons (Fsp3) is 0.571. The van der Waals surface area contributed by atoms with E-state index in [0.29, 0.717) is 28.9 Å². The van der Waals surface area contributed by atoms with Crippen LogP contribution in [0.5, 0.6) is 0 Å². The number of likely N-dealkylation sites (tertiary alicyclic amines) is 1. The Labute approximate surface area is 118 Å². The average Bonchev–Trinajstić information content (AvgIpc) is 2.74. The molecule has 0 spiro atoms. The van der Waals surface area contributed by atoms with E-state index in [2.05, 4.69) is 25.2 Å². The van der Waals surface area contributed by atoms with E-state index in [1.807, 2.05) is 5.38 Å². The van der Waals surface area contributed by atoms with Crippen LogP contribution in [0, 0.1) is 23.2 Å². The highest BCUT2D eigenvalue weighted by Crippen LogP contribution is 2.21. The van der Waals surface area contributed by atoms with E-state index in [1.54, 1.807) is 6.07 Å². The van der Waals surface area contributed by atoms with Crippen LogP contribution in [0.2, 0.25) is 0 Å². The first-order valence-electron chi connectivity index (χ1n) is 6.69. The number of hydrogen-bond acceptors (Lipinski definition) is 3. The van der Waals surface area contributed by atoms with Gasteiger partial charge in [0, 0.05) is 11.8 Å². The number of nitrogens with zero attached hydrogens (tertiary/aromatic N) is 1. The molecule has 1 fully saturated rings. The van der Waals surface area contributed by atoms with Gasteiger partial charge < -0.3 is 10.2 Å². The lowest BCUT2D eigenvalue weighted by Gasteiger charge is -2.31. The predicted octanol–water partition coefficient (Wildman–Crippen LogP) is 1.12. The van der Waals surface area contributed by atoms with Gasteiger partial charge in [0.2, 0.25) is 0 Å². The number of rotatable bonds is 3. The van der Waals surface area contributed by atoms with Crippen molar-refractivity contribution in [1.82, 2.24) is 0 Å². The van der Waals surface area contributed by atoms with Crippen LogP contribution in [-0.2, 0) is 4.79 Å². The van der Waals surface area contributed by atoms with E-state index in [0.717, 1.165) is 13.1 Å². The van der Waals surface area contributed by atoms with Gasteiger partial charge in [0.25, 0.3) is 5.91 Å². The maximum absolute atomic E-state index is 12.0. The third-order valence-corrected chi connectivity index (χ3v) is 4.36. The molecule has 5 heteroatoms. The fourth-order valence-corrected chi connectivity index (χ4v) is 3.71. The smallest absolute Gasteiger partial charge is 0.280 e.